The SMILES string of the molecule is CCOCC(=O)N1CCC2(CC1)c1nccn1-c1ccccc1CN2CC(C)C. The fourth-order valence-electron chi connectivity index (χ4n) is 4.85. The Morgan fingerprint density at radius 3 is 2.72 bits per heavy atom. The van der Waals surface area contributed by atoms with E-state index in [0.29, 0.717) is 12.5 Å². The van der Waals surface area contributed by atoms with E-state index in [4.69, 9.17) is 9.72 Å². The largest absolute Gasteiger partial charge is 0.372 e. The van der Waals surface area contributed by atoms with Crippen molar-refractivity contribution >= 4 is 5.91 Å². The van der Waals surface area contributed by atoms with Gasteiger partial charge < -0.3 is 14.2 Å². The smallest absolute Gasteiger partial charge is 0.248 e. The van der Waals surface area contributed by atoms with Gasteiger partial charge in [-0.25, -0.2) is 4.98 Å². The van der Waals surface area contributed by atoms with Crippen molar-refractivity contribution in [1.82, 2.24) is 19.4 Å². The van der Waals surface area contributed by atoms with Gasteiger partial charge in [0.25, 0.3) is 0 Å². The highest BCUT2D eigenvalue weighted by Crippen LogP contribution is 2.43. The maximum atomic E-state index is 12.5. The summed E-state index contributed by atoms with van der Waals surface area (Å²) in [7, 11) is 0. The number of likely N-dealkylation sites (tertiary alicyclic amines) is 1. The number of hydrogen-bond donors (Lipinski definition) is 0. The van der Waals surface area contributed by atoms with Crippen molar-refractivity contribution in [2.24, 2.45) is 5.92 Å². The molecule has 0 atom stereocenters. The van der Waals surface area contributed by atoms with E-state index >= 15 is 0 Å². The van der Waals surface area contributed by atoms with Gasteiger partial charge in [-0.3, -0.25) is 9.69 Å². The highest BCUT2D eigenvalue weighted by Gasteiger charge is 2.47. The van der Waals surface area contributed by atoms with Crippen LogP contribution in [0, 0.1) is 5.92 Å². The molecule has 3 heterocycles. The molecule has 1 fully saturated rings. The van der Waals surface area contributed by atoms with Crippen LogP contribution in [0.4, 0.5) is 0 Å². The maximum Gasteiger partial charge on any atom is 0.248 e. The fraction of sp³-hybridized carbons (Fsp3) is 0.565. The van der Waals surface area contributed by atoms with Crippen LogP contribution >= 0.6 is 0 Å². The van der Waals surface area contributed by atoms with Gasteiger partial charge in [0.1, 0.15) is 12.4 Å². The summed E-state index contributed by atoms with van der Waals surface area (Å²) in [5.74, 6) is 1.76. The summed E-state index contributed by atoms with van der Waals surface area (Å²) in [5, 5.41) is 0. The van der Waals surface area contributed by atoms with Gasteiger partial charge in [0.15, 0.2) is 0 Å². The van der Waals surface area contributed by atoms with Crippen LogP contribution in [0.3, 0.4) is 0 Å². The Morgan fingerprint density at radius 1 is 1.24 bits per heavy atom. The van der Waals surface area contributed by atoms with Crippen LogP contribution < -0.4 is 0 Å². The summed E-state index contributed by atoms with van der Waals surface area (Å²) in [4.78, 5) is 21.9. The monoisotopic (exact) mass is 396 g/mol. The van der Waals surface area contributed by atoms with Gasteiger partial charge in [-0.1, -0.05) is 32.0 Å². The molecule has 0 unspecified atom stereocenters. The van der Waals surface area contributed by atoms with E-state index in [0.717, 1.165) is 44.8 Å². The molecular formula is C23H32N4O2. The number of carbonyl (C=O) groups is 1. The number of aromatic nitrogens is 2. The Hall–Kier alpha value is -2.18. The predicted molar refractivity (Wildman–Crippen MR) is 113 cm³/mol. The third-order valence-electron chi connectivity index (χ3n) is 6.23. The zero-order valence-corrected chi connectivity index (χ0v) is 17.8. The average molecular weight is 397 g/mol. The molecule has 0 radical (unpaired) electrons. The van der Waals surface area contributed by atoms with Gasteiger partial charge >= 0.3 is 0 Å². The van der Waals surface area contributed by atoms with Crippen LogP contribution in [0.15, 0.2) is 36.7 Å². The van der Waals surface area contributed by atoms with E-state index in [-0.39, 0.29) is 18.1 Å². The van der Waals surface area contributed by atoms with E-state index in [9.17, 15) is 4.79 Å². The first kappa shape index (κ1) is 20.1. The van der Waals surface area contributed by atoms with Crippen LogP contribution in [-0.2, 0) is 21.6 Å². The zero-order chi connectivity index (χ0) is 20.4. The molecule has 0 aliphatic carbocycles. The van der Waals surface area contributed by atoms with Crippen molar-refractivity contribution in [2.45, 2.75) is 45.7 Å². The molecule has 0 saturated carbocycles. The van der Waals surface area contributed by atoms with Crippen molar-refractivity contribution in [3.05, 3.63) is 48.0 Å². The number of fused-ring (bicyclic) bond motifs is 4. The summed E-state index contributed by atoms with van der Waals surface area (Å²) in [5.41, 5.74) is 2.40. The molecule has 1 amide bonds. The van der Waals surface area contributed by atoms with Gasteiger partial charge in [-0.05, 0) is 37.3 Å². The van der Waals surface area contributed by atoms with Crippen LogP contribution in [0.2, 0.25) is 0 Å². The first-order chi connectivity index (χ1) is 14.0. The minimum Gasteiger partial charge on any atom is -0.372 e. The van der Waals surface area contributed by atoms with Gasteiger partial charge in [0.2, 0.25) is 5.91 Å². The van der Waals surface area contributed by atoms with E-state index < -0.39 is 0 Å². The van der Waals surface area contributed by atoms with Crippen molar-refractivity contribution in [3.8, 4) is 5.69 Å². The minimum absolute atomic E-state index is 0.0948. The summed E-state index contributed by atoms with van der Waals surface area (Å²) >= 11 is 0. The molecule has 6 heteroatoms. The molecule has 0 bridgehead atoms. The average Bonchev–Trinajstić information content (AvgIpc) is 3.19. The van der Waals surface area contributed by atoms with E-state index in [1.54, 1.807) is 0 Å². The third-order valence-corrected chi connectivity index (χ3v) is 6.23. The predicted octanol–water partition coefficient (Wildman–Crippen LogP) is 3.20. The summed E-state index contributed by atoms with van der Waals surface area (Å²) < 4.78 is 7.62. The second kappa shape index (κ2) is 8.28. The standard InChI is InChI=1S/C23H32N4O2/c1-4-29-17-21(28)25-12-9-23(10-13-25)22-24-11-14-27(22)20-8-6-5-7-19(20)16-26(23)15-18(2)3/h5-8,11,14,18H,4,9-10,12-13,15-17H2,1-3H3. The van der Waals surface area contributed by atoms with Crippen molar-refractivity contribution in [3.63, 3.8) is 0 Å². The van der Waals surface area contributed by atoms with E-state index in [1.165, 1.54) is 11.3 Å². The normalized spacial score (nSPS) is 18.6. The number of para-hydroxylation sites is 1. The Kier molecular flexibility index (Phi) is 5.74. The number of benzene rings is 1. The van der Waals surface area contributed by atoms with E-state index in [1.807, 2.05) is 18.0 Å². The quantitative estimate of drug-likeness (QED) is 0.779. The Bertz CT molecular complexity index is 852. The lowest BCUT2D eigenvalue weighted by molar-refractivity contribution is -0.139. The van der Waals surface area contributed by atoms with E-state index in [2.05, 4.69) is 53.8 Å². The van der Waals surface area contributed by atoms with Crippen molar-refractivity contribution in [2.75, 3.05) is 32.8 Å². The first-order valence-corrected chi connectivity index (χ1v) is 10.8. The third kappa shape index (κ3) is 3.71. The summed E-state index contributed by atoms with van der Waals surface area (Å²) in [6.45, 7) is 10.6. The number of rotatable bonds is 5. The molecule has 1 saturated heterocycles. The van der Waals surface area contributed by atoms with Crippen LogP contribution in [0.25, 0.3) is 5.69 Å². The number of ether oxygens (including phenoxy) is 1. The van der Waals surface area contributed by atoms with Gasteiger partial charge in [-0.2, -0.15) is 0 Å². The van der Waals surface area contributed by atoms with Gasteiger partial charge in [0, 0.05) is 45.2 Å². The summed E-state index contributed by atoms with van der Waals surface area (Å²) in [6.07, 6.45) is 5.78. The lowest BCUT2D eigenvalue weighted by Crippen LogP contribution is -2.55. The molecule has 4 rings (SSSR count). The molecular weight excluding hydrogens is 364 g/mol. The summed E-state index contributed by atoms with van der Waals surface area (Å²) in [6, 6.07) is 8.64. The van der Waals surface area contributed by atoms with Crippen molar-refractivity contribution < 1.29 is 9.53 Å². The lowest BCUT2D eigenvalue weighted by atomic mass is 9.83. The highest BCUT2D eigenvalue weighted by atomic mass is 16.5. The molecule has 6 nitrogen and oxygen atoms in total. The second-order valence-electron chi connectivity index (χ2n) is 8.57. The molecule has 2 aliphatic rings. The zero-order valence-electron chi connectivity index (χ0n) is 17.8. The lowest BCUT2D eigenvalue weighted by Gasteiger charge is -2.48. The molecule has 1 aromatic heterocycles. The van der Waals surface area contributed by atoms with Crippen LogP contribution in [0.5, 0.6) is 0 Å². The number of imidazole rings is 1. The molecule has 0 N–H and O–H groups in total. The van der Waals surface area contributed by atoms with Gasteiger partial charge in [-0.15, -0.1) is 0 Å². The number of nitrogens with zero attached hydrogens (tertiary/aromatic N) is 4. The number of carbonyl (C=O) groups excluding carboxylic acids is 1. The second-order valence-corrected chi connectivity index (χ2v) is 8.57. The number of amides is 1. The Labute approximate surface area is 173 Å². The molecule has 156 valence electrons. The minimum atomic E-state index is -0.158. The van der Waals surface area contributed by atoms with Gasteiger partial charge in [0.05, 0.1) is 11.2 Å². The topological polar surface area (TPSA) is 50.6 Å². The van der Waals surface area contributed by atoms with Crippen LogP contribution in [-0.4, -0.2) is 58.1 Å². The highest BCUT2D eigenvalue weighted by molar-refractivity contribution is 5.77. The number of hydrogen-bond acceptors (Lipinski definition) is 4. The Balaban J connectivity index is 1.69. The molecule has 29 heavy (non-hydrogen) atoms. The number of piperidine rings is 1. The van der Waals surface area contributed by atoms with Crippen LogP contribution in [0.1, 0.15) is 45.0 Å². The van der Waals surface area contributed by atoms with Crippen molar-refractivity contribution in [1.29, 1.82) is 0 Å². The maximum absolute atomic E-state index is 12.5. The molecule has 2 aromatic rings. The first-order valence-electron chi connectivity index (χ1n) is 10.8. The Morgan fingerprint density at radius 2 is 2.00 bits per heavy atom. The molecule has 2 aliphatic heterocycles. The fourth-order valence-corrected chi connectivity index (χ4v) is 4.85. The molecule has 1 spiro atoms. The molecule has 1 aromatic carbocycles.